The molecule has 2 aromatic heterocycles. The molecule has 5 nitrogen and oxygen atoms in total. The van der Waals surface area contributed by atoms with Crippen LogP contribution in [0.15, 0.2) is 29.9 Å². The van der Waals surface area contributed by atoms with Crippen molar-refractivity contribution < 1.29 is 4.79 Å². The van der Waals surface area contributed by atoms with Gasteiger partial charge in [0.2, 0.25) is 0 Å². The highest BCUT2D eigenvalue weighted by atomic mass is 32.1. The third-order valence-electron chi connectivity index (χ3n) is 2.38. The molecule has 0 fully saturated rings. The van der Waals surface area contributed by atoms with Crippen LogP contribution in [0.2, 0.25) is 0 Å². The van der Waals surface area contributed by atoms with Crippen molar-refractivity contribution >= 4 is 17.2 Å². The molecule has 3 N–H and O–H groups in total. The fraction of sp³-hybridized carbons (Fsp3) is 0.250. The van der Waals surface area contributed by atoms with Crippen LogP contribution in [0.5, 0.6) is 0 Å². The van der Waals surface area contributed by atoms with Crippen LogP contribution in [0.3, 0.4) is 0 Å². The zero-order valence-corrected chi connectivity index (χ0v) is 10.6. The molecule has 0 spiro atoms. The van der Waals surface area contributed by atoms with E-state index in [0.717, 1.165) is 17.0 Å². The number of hydrogen-bond acceptors (Lipinski definition) is 5. The summed E-state index contributed by atoms with van der Waals surface area (Å²) in [5, 5.41) is 5.32. The van der Waals surface area contributed by atoms with E-state index in [0.29, 0.717) is 18.8 Å². The topological polar surface area (TPSA) is 80.9 Å². The molecule has 2 rings (SSSR count). The van der Waals surface area contributed by atoms with E-state index in [-0.39, 0.29) is 5.91 Å². The Kier molecular flexibility index (Phi) is 4.38. The third-order valence-corrected chi connectivity index (χ3v) is 3.25. The summed E-state index contributed by atoms with van der Waals surface area (Å²) in [6.07, 6.45) is 4.28. The van der Waals surface area contributed by atoms with Gasteiger partial charge in [0.1, 0.15) is 10.7 Å². The number of carbonyl (C=O) groups is 1. The van der Waals surface area contributed by atoms with Crippen LogP contribution in [0, 0.1) is 0 Å². The molecular formula is C12H14N4OS. The first-order valence-electron chi connectivity index (χ1n) is 5.61. The number of pyridine rings is 1. The van der Waals surface area contributed by atoms with Gasteiger partial charge in [0.15, 0.2) is 0 Å². The molecule has 2 heterocycles. The Balaban J connectivity index is 1.81. The lowest BCUT2D eigenvalue weighted by molar-refractivity contribution is 0.0949. The van der Waals surface area contributed by atoms with Crippen molar-refractivity contribution in [3.05, 3.63) is 46.2 Å². The smallest absolute Gasteiger partial charge is 0.270 e. The molecule has 94 valence electrons. The monoisotopic (exact) mass is 262 g/mol. The van der Waals surface area contributed by atoms with Crippen molar-refractivity contribution in [3.8, 4) is 0 Å². The minimum absolute atomic E-state index is 0.158. The number of aromatic nitrogens is 2. The van der Waals surface area contributed by atoms with Gasteiger partial charge in [-0.2, -0.15) is 0 Å². The summed E-state index contributed by atoms with van der Waals surface area (Å²) in [4.78, 5) is 19.9. The zero-order valence-electron chi connectivity index (χ0n) is 9.80. The van der Waals surface area contributed by atoms with Crippen molar-refractivity contribution in [3.63, 3.8) is 0 Å². The number of rotatable bonds is 5. The van der Waals surface area contributed by atoms with Crippen LogP contribution in [-0.2, 0) is 13.0 Å². The average molecular weight is 262 g/mol. The van der Waals surface area contributed by atoms with Crippen LogP contribution < -0.4 is 11.1 Å². The molecule has 0 aliphatic heterocycles. The number of carbonyl (C=O) groups excluding carboxylic acids is 1. The summed E-state index contributed by atoms with van der Waals surface area (Å²) in [7, 11) is 0. The molecule has 0 saturated heterocycles. The van der Waals surface area contributed by atoms with Gasteiger partial charge in [-0.1, -0.05) is 6.07 Å². The normalized spacial score (nSPS) is 10.3. The van der Waals surface area contributed by atoms with E-state index in [9.17, 15) is 4.79 Å². The highest BCUT2D eigenvalue weighted by Gasteiger charge is 2.09. The maximum atomic E-state index is 11.7. The molecule has 6 heteroatoms. The molecule has 2 aromatic rings. The number of nitrogens with two attached hydrogens (primary N) is 1. The van der Waals surface area contributed by atoms with Gasteiger partial charge >= 0.3 is 0 Å². The van der Waals surface area contributed by atoms with Gasteiger partial charge in [0.25, 0.3) is 5.91 Å². The lowest BCUT2D eigenvalue weighted by Gasteiger charge is -2.02. The summed E-state index contributed by atoms with van der Waals surface area (Å²) in [6, 6.07) is 3.86. The molecule has 0 aromatic carbocycles. The first-order chi connectivity index (χ1) is 8.79. The molecule has 0 saturated carbocycles. The minimum Gasteiger partial charge on any atom is -0.350 e. The minimum atomic E-state index is -0.158. The SMILES string of the molecule is NCc1nc(C(=O)NCCc2cccnc2)cs1. The molecule has 18 heavy (non-hydrogen) atoms. The Morgan fingerprint density at radius 2 is 2.39 bits per heavy atom. The quantitative estimate of drug-likeness (QED) is 0.841. The van der Waals surface area contributed by atoms with Crippen molar-refractivity contribution in [2.24, 2.45) is 5.73 Å². The molecule has 0 radical (unpaired) electrons. The Morgan fingerprint density at radius 3 is 3.06 bits per heavy atom. The van der Waals surface area contributed by atoms with Gasteiger partial charge < -0.3 is 11.1 Å². The fourth-order valence-electron chi connectivity index (χ4n) is 1.47. The van der Waals surface area contributed by atoms with Crippen molar-refractivity contribution in [1.29, 1.82) is 0 Å². The summed E-state index contributed by atoms with van der Waals surface area (Å²) in [5.41, 5.74) is 6.98. The van der Waals surface area contributed by atoms with E-state index in [2.05, 4.69) is 15.3 Å². The zero-order chi connectivity index (χ0) is 12.8. The third kappa shape index (κ3) is 3.35. The van der Waals surface area contributed by atoms with E-state index >= 15 is 0 Å². The number of thiazole rings is 1. The van der Waals surface area contributed by atoms with Crippen LogP contribution in [-0.4, -0.2) is 22.4 Å². The first-order valence-corrected chi connectivity index (χ1v) is 6.49. The first kappa shape index (κ1) is 12.7. The fourth-order valence-corrected chi connectivity index (χ4v) is 2.12. The molecule has 0 aliphatic carbocycles. The number of nitrogens with one attached hydrogen (secondary N) is 1. The van der Waals surface area contributed by atoms with Gasteiger partial charge in [-0.05, 0) is 18.1 Å². The molecule has 0 bridgehead atoms. The molecule has 0 aliphatic rings. The predicted molar refractivity (Wildman–Crippen MR) is 70.3 cm³/mol. The second kappa shape index (κ2) is 6.23. The molecular weight excluding hydrogens is 248 g/mol. The summed E-state index contributed by atoms with van der Waals surface area (Å²) < 4.78 is 0. The van der Waals surface area contributed by atoms with Crippen molar-refractivity contribution in [2.45, 2.75) is 13.0 Å². The van der Waals surface area contributed by atoms with E-state index in [1.54, 1.807) is 17.8 Å². The summed E-state index contributed by atoms with van der Waals surface area (Å²) in [6.45, 7) is 0.938. The van der Waals surface area contributed by atoms with Gasteiger partial charge in [-0.3, -0.25) is 9.78 Å². The molecule has 0 atom stereocenters. The molecule has 0 unspecified atom stereocenters. The van der Waals surface area contributed by atoms with E-state index in [4.69, 9.17) is 5.73 Å². The van der Waals surface area contributed by atoms with Gasteiger partial charge in [0, 0.05) is 30.9 Å². The Bertz CT molecular complexity index is 512. The highest BCUT2D eigenvalue weighted by molar-refractivity contribution is 7.09. The van der Waals surface area contributed by atoms with E-state index in [1.807, 2.05) is 12.1 Å². The van der Waals surface area contributed by atoms with Crippen LogP contribution in [0.25, 0.3) is 0 Å². The highest BCUT2D eigenvalue weighted by Crippen LogP contribution is 2.08. The number of amides is 1. The van der Waals surface area contributed by atoms with Gasteiger partial charge in [-0.25, -0.2) is 4.98 Å². The standard InChI is InChI=1S/C12H14N4OS/c13-6-11-16-10(8-18-11)12(17)15-5-3-9-2-1-4-14-7-9/h1-2,4,7-8H,3,5-6,13H2,(H,15,17). The average Bonchev–Trinajstić information content (AvgIpc) is 2.89. The maximum absolute atomic E-state index is 11.7. The largest absolute Gasteiger partial charge is 0.350 e. The van der Waals surface area contributed by atoms with E-state index in [1.165, 1.54) is 11.3 Å². The van der Waals surface area contributed by atoms with Gasteiger partial charge in [0.05, 0.1) is 0 Å². The lowest BCUT2D eigenvalue weighted by atomic mass is 10.2. The Hall–Kier alpha value is -1.79. The Morgan fingerprint density at radius 1 is 1.50 bits per heavy atom. The Labute approximate surface area is 109 Å². The van der Waals surface area contributed by atoms with Gasteiger partial charge in [-0.15, -0.1) is 11.3 Å². The van der Waals surface area contributed by atoms with Crippen LogP contribution >= 0.6 is 11.3 Å². The van der Waals surface area contributed by atoms with Crippen LogP contribution in [0.1, 0.15) is 21.1 Å². The predicted octanol–water partition coefficient (Wildman–Crippen LogP) is 0.969. The summed E-state index contributed by atoms with van der Waals surface area (Å²) >= 11 is 1.40. The maximum Gasteiger partial charge on any atom is 0.270 e. The number of nitrogens with zero attached hydrogens (tertiary/aromatic N) is 2. The second-order valence-corrected chi connectivity index (χ2v) is 4.64. The second-order valence-electron chi connectivity index (χ2n) is 3.70. The van der Waals surface area contributed by atoms with Crippen molar-refractivity contribution in [1.82, 2.24) is 15.3 Å². The molecule has 1 amide bonds. The van der Waals surface area contributed by atoms with E-state index < -0.39 is 0 Å². The van der Waals surface area contributed by atoms with Crippen LogP contribution in [0.4, 0.5) is 0 Å². The lowest BCUT2D eigenvalue weighted by Crippen LogP contribution is -2.26. The summed E-state index contributed by atoms with van der Waals surface area (Å²) in [5.74, 6) is -0.158. The van der Waals surface area contributed by atoms with Crippen molar-refractivity contribution in [2.75, 3.05) is 6.54 Å². The number of hydrogen-bond donors (Lipinski definition) is 2.